The van der Waals surface area contributed by atoms with E-state index in [0.717, 1.165) is 18.7 Å². The SMILES string of the molecule is CCC(NCC1(CC)CC1)c1ccco1. The van der Waals surface area contributed by atoms with E-state index in [2.05, 4.69) is 25.2 Å². The zero-order valence-electron chi connectivity index (χ0n) is 9.75. The normalized spacial score (nSPS) is 20.1. The van der Waals surface area contributed by atoms with Gasteiger partial charge in [0.1, 0.15) is 5.76 Å². The first-order valence-electron chi connectivity index (χ1n) is 6.06. The number of nitrogens with one attached hydrogen (secondary N) is 1. The van der Waals surface area contributed by atoms with Crippen molar-refractivity contribution >= 4 is 0 Å². The Bertz CT molecular complexity index is 287. The second-order valence-electron chi connectivity index (χ2n) is 4.71. The van der Waals surface area contributed by atoms with Crippen LogP contribution in [0.25, 0.3) is 0 Å². The summed E-state index contributed by atoms with van der Waals surface area (Å²) in [7, 11) is 0. The van der Waals surface area contributed by atoms with Crippen LogP contribution in [0.3, 0.4) is 0 Å². The quantitative estimate of drug-likeness (QED) is 0.772. The molecule has 0 saturated heterocycles. The van der Waals surface area contributed by atoms with Gasteiger partial charge in [-0.3, -0.25) is 0 Å². The average molecular weight is 207 g/mol. The summed E-state index contributed by atoms with van der Waals surface area (Å²) in [4.78, 5) is 0. The minimum Gasteiger partial charge on any atom is -0.468 e. The van der Waals surface area contributed by atoms with Crippen LogP contribution < -0.4 is 5.32 Å². The molecule has 0 aromatic carbocycles. The molecule has 1 aliphatic rings. The first-order valence-corrected chi connectivity index (χ1v) is 6.06. The van der Waals surface area contributed by atoms with Crippen LogP contribution in [0.5, 0.6) is 0 Å². The summed E-state index contributed by atoms with van der Waals surface area (Å²) in [6.45, 7) is 5.64. The summed E-state index contributed by atoms with van der Waals surface area (Å²) < 4.78 is 5.44. The molecule has 1 saturated carbocycles. The van der Waals surface area contributed by atoms with Gasteiger partial charge in [0.25, 0.3) is 0 Å². The van der Waals surface area contributed by atoms with Gasteiger partial charge < -0.3 is 9.73 Å². The van der Waals surface area contributed by atoms with E-state index in [0.29, 0.717) is 11.5 Å². The number of rotatable bonds is 6. The van der Waals surface area contributed by atoms with Gasteiger partial charge in [-0.2, -0.15) is 0 Å². The highest BCUT2D eigenvalue weighted by atomic mass is 16.3. The van der Waals surface area contributed by atoms with Crippen LogP contribution in [0.1, 0.15) is 51.3 Å². The minimum absolute atomic E-state index is 0.393. The van der Waals surface area contributed by atoms with E-state index < -0.39 is 0 Å². The fourth-order valence-electron chi connectivity index (χ4n) is 2.11. The molecule has 2 heteroatoms. The molecular weight excluding hydrogens is 186 g/mol. The maximum absolute atomic E-state index is 5.44. The molecule has 0 aliphatic heterocycles. The van der Waals surface area contributed by atoms with Crippen molar-refractivity contribution in [1.29, 1.82) is 0 Å². The first kappa shape index (κ1) is 10.7. The van der Waals surface area contributed by atoms with Crippen molar-refractivity contribution in [2.45, 2.75) is 45.6 Å². The van der Waals surface area contributed by atoms with Gasteiger partial charge in [-0.1, -0.05) is 13.8 Å². The van der Waals surface area contributed by atoms with E-state index in [1.807, 2.05) is 6.07 Å². The molecule has 1 aromatic rings. The summed E-state index contributed by atoms with van der Waals surface area (Å²) >= 11 is 0. The zero-order valence-corrected chi connectivity index (χ0v) is 9.75. The largest absolute Gasteiger partial charge is 0.468 e. The van der Waals surface area contributed by atoms with Crippen LogP contribution in [-0.4, -0.2) is 6.54 Å². The van der Waals surface area contributed by atoms with Crippen LogP contribution in [0, 0.1) is 5.41 Å². The fraction of sp³-hybridized carbons (Fsp3) is 0.692. The molecule has 0 spiro atoms. The Morgan fingerprint density at radius 2 is 2.27 bits per heavy atom. The van der Waals surface area contributed by atoms with Gasteiger partial charge in [0, 0.05) is 6.54 Å². The molecule has 15 heavy (non-hydrogen) atoms. The predicted molar refractivity (Wildman–Crippen MR) is 61.7 cm³/mol. The zero-order chi connectivity index (χ0) is 10.7. The van der Waals surface area contributed by atoms with E-state index in [1.165, 1.54) is 19.3 Å². The van der Waals surface area contributed by atoms with E-state index in [1.54, 1.807) is 6.26 Å². The van der Waals surface area contributed by atoms with Crippen LogP contribution in [0.2, 0.25) is 0 Å². The highest BCUT2D eigenvalue weighted by Crippen LogP contribution is 2.48. The molecule has 1 fully saturated rings. The Kier molecular flexibility index (Phi) is 3.15. The molecule has 1 atom stereocenters. The minimum atomic E-state index is 0.393. The van der Waals surface area contributed by atoms with Crippen molar-refractivity contribution in [3.63, 3.8) is 0 Å². The summed E-state index contributed by atoms with van der Waals surface area (Å²) in [6.07, 6.45) is 6.93. The average Bonchev–Trinajstić information content (AvgIpc) is 2.85. The van der Waals surface area contributed by atoms with E-state index >= 15 is 0 Å². The lowest BCUT2D eigenvalue weighted by molar-refractivity contribution is 0.357. The number of furan rings is 1. The topological polar surface area (TPSA) is 25.2 Å². The van der Waals surface area contributed by atoms with Crippen LogP contribution in [0.4, 0.5) is 0 Å². The van der Waals surface area contributed by atoms with Gasteiger partial charge in [0.2, 0.25) is 0 Å². The Morgan fingerprint density at radius 3 is 2.73 bits per heavy atom. The Labute approximate surface area is 92.1 Å². The molecule has 1 heterocycles. The number of hydrogen-bond donors (Lipinski definition) is 1. The summed E-state index contributed by atoms with van der Waals surface area (Å²) in [6, 6.07) is 4.42. The molecule has 2 rings (SSSR count). The van der Waals surface area contributed by atoms with Gasteiger partial charge >= 0.3 is 0 Å². The Morgan fingerprint density at radius 1 is 1.47 bits per heavy atom. The molecule has 2 nitrogen and oxygen atoms in total. The molecule has 84 valence electrons. The van der Waals surface area contributed by atoms with Crippen molar-refractivity contribution in [3.05, 3.63) is 24.2 Å². The van der Waals surface area contributed by atoms with Crippen molar-refractivity contribution in [2.75, 3.05) is 6.54 Å². The van der Waals surface area contributed by atoms with Gasteiger partial charge in [0.05, 0.1) is 12.3 Å². The second kappa shape index (κ2) is 4.40. The van der Waals surface area contributed by atoms with Gasteiger partial charge in [-0.05, 0) is 43.2 Å². The lowest BCUT2D eigenvalue weighted by Gasteiger charge is -2.19. The number of hydrogen-bond acceptors (Lipinski definition) is 2. The third-order valence-corrected chi connectivity index (χ3v) is 3.73. The molecule has 0 bridgehead atoms. The third kappa shape index (κ3) is 2.43. The standard InChI is InChI=1S/C13H21NO/c1-3-11(12-6-5-9-15-12)14-10-13(4-2)7-8-13/h5-6,9,11,14H,3-4,7-8,10H2,1-2H3. The smallest absolute Gasteiger partial charge is 0.120 e. The summed E-state index contributed by atoms with van der Waals surface area (Å²) in [5, 5.41) is 3.63. The predicted octanol–water partition coefficient (Wildman–Crippen LogP) is 3.51. The maximum atomic E-state index is 5.44. The van der Waals surface area contributed by atoms with E-state index in [4.69, 9.17) is 4.42 Å². The van der Waals surface area contributed by atoms with Gasteiger partial charge in [0.15, 0.2) is 0 Å². The Hall–Kier alpha value is -0.760. The molecule has 0 amide bonds. The molecule has 1 unspecified atom stereocenters. The molecule has 0 radical (unpaired) electrons. The maximum Gasteiger partial charge on any atom is 0.120 e. The highest BCUT2D eigenvalue weighted by molar-refractivity contribution is 5.05. The van der Waals surface area contributed by atoms with Crippen LogP contribution in [-0.2, 0) is 0 Å². The monoisotopic (exact) mass is 207 g/mol. The molecular formula is C13H21NO. The van der Waals surface area contributed by atoms with Crippen molar-refractivity contribution in [1.82, 2.24) is 5.32 Å². The molecule has 1 aromatic heterocycles. The van der Waals surface area contributed by atoms with Crippen molar-refractivity contribution in [3.8, 4) is 0 Å². The summed E-state index contributed by atoms with van der Waals surface area (Å²) in [5.74, 6) is 1.07. The highest BCUT2D eigenvalue weighted by Gasteiger charge is 2.40. The molecule has 1 aliphatic carbocycles. The van der Waals surface area contributed by atoms with Gasteiger partial charge in [-0.25, -0.2) is 0 Å². The van der Waals surface area contributed by atoms with Crippen molar-refractivity contribution < 1.29 is 4.42 Å². The Balaban J connectivity index is 1.87. The van der Waals surface area contributed by atoms with Crippen LogP contribution in [0.15, 0.2) is 22.8 Å². The molecule has 1 N–H and O–H groups in total. The second-order valence-corrected chi connectivity index (χ2v) is 4.71. The fourth-order valence-corrected chi connectivity index (χ4v) is 2.11. The van der Waals surface area contributed by atoms with E-state index in [-0.39, 0.29) is 0 Å². The van der Waals surface area contributed by atoms with Crippen LogP contribution >= 0.6 is 0 Å². The van der Waals surface area contributed by atoms with Gasteiger partial charge in [-0.15, -0.1) is 0 Å². The lowest BCUT2D eigenvalue weighted by Crippen LogP contribution is -2.27. The van der Waals surface area contributed by atoms with E-state index in [9.17, 15) is 0 Å². The van der Waals surface area contributed by atoms with Crippen molar-refractivity contribution in [2.24, 2.45) is 5.41 Å². The third-order valence-electron chi connectivity index (χ3n) is 3.73. The lowest BCUT2D eigenvalue weighted by atomic mass is 10.0. The first-order chi connectivity index (χ1) is 7.29. The summed E-state index contributed by atoms with van der Waals surface area (Å²) in [5.41, 5.74) is 0.611.